The third-order valence-electron chi connectivity index (χ3n) is 4.21. The van der Waals surface area contributed by atoms with Crippen molar-refractivity contribution >= 4 is 39.3 Å². The van der Waals surface area contributed by atoms with Gasteiger partial charge in [-0.2, -0.15) is 5.10 Å². The zero-order valence-corrected chi connectivity index (χ0v) is 14.9. The fraction of sp³-hybridized carbons (Fsp3) is 0.111. The molecule has 0 spiro atoms. The molecule has 0 aliphatic carbocycles. The lowest BCUT2D eigenvalue weighted by atomic mass is 9.84. The Kier molecular flexibility index (Phi) is 3.90. The fourth-order valence-corrected chi connectivity index (χ4v) is 3.46. The number of aromatic amines is 1. The maximum Gasteiger partial charge on any atom is 0.226 e. The average molecular weight is 403 g/mol. The Balaban J connectivity index is 1.85. The second kappa shape index (κ2) is 6.07. The van der Waals surface area contributed by atoms with Crippen molar-refractivity contribution in [3.63, 3.8) is 0 Å². The molecule has 0 bridgehead atoms. The maximum absolute atomic E-state index is 12.1. The number of carbonyl (C=O) groups is 1. The number of amides is 1. The highest BCUT2D eigenvalue weighted by Crippen LogP contribution is 2.41. The number of halogens is 2. The molecule has 1 aliphatic heterocycles. The first-order valence-electron chi connectivity index (χ1n) is 7.51. The molecule has 4 rings (SSSR count). The van der Waals surface area contributed by atoms with Crippen LogP contribution in [0.2, 0.25) is 5.02 Å². The first-order chi connectivity index (χ1) is 11.6. The van der Waals surface area contributed by atoms with Gasteiger partial charge in [-0.05, 0) is 29.8 Å². The van der Waals surface area contributed by atoms with Crippen LogP contribution in [0.3, 0.4) is 0 Å². The van der Waals surface area contributed by atoms with E-state index >= 15 is 0 Å². The molecule has 0 radical (unpaired) electrons. The molecule has 1 aliphatic rings. The average Bonchev–Trinajstić information content (AvgIpc) is 2.99. The predicted octanol–water partition coefficient (Wildman–Crippen LogP) is 4.97. The third-order valence-corrected chi connectivity index (χ3v) is 4.99. The minimum Gasteiger partial charge on any atom is -0.309 e. The Bertz CT molecular complexity index is 903. The molecular formula is C18H13BrClN3O. The number of H-pyrrole nitrogens is 1. The van der Waals surface area contributed by atoms with E-state index in [1.807, 2.05) is 48.5 Å². The topological polar surface area (TPSA) is 57.8 Å². The van der Waals surface area contributed by atoms with Crippen molar-refractivity contribution in [2.75, 3.05) is 5.32 Å². The Morgan fingerprint density at radius 2 is 1.79 bits per heavy atom. The van der Waals surface area contributed by atoms with Crippen LogP contribution < -0.4 is 5.32 Å². The summed E-state index contributed by atoms with van der Waals surface area (Å²) in [5.74, 6) is 0.542. The van der Waals surface area contributed by atoms with E-state index in [2.05, 4.69) is 31.4 Å². The highest BCUT2D eigenvalue weighted by molar-refractivity contribution is 9.10. The molecule has 2 aromatic carbocycles. The number of nitrogens with one attached hydrogen (secondary N) is 2. The summed E-state index contributed by atoms with van der Waals surface area (Å²) in [6.07, 6.45) is 0.398. The van der Waals surface area contributed by atoms with Crippen LogP contribution in [0.25, 0.3) is 11.3 Å². The molecule has 24 heavy (non-hydrogen) atoms. The lowest BCUT2D eigenvalue weighted by Gasteiger charge is -2.23. The summed E-state index contributed by atoms with van der Waals surface area (Å²) in [6, 6.07) is 15.6. The van der Waals surface area contributed by atoms with Crippen LogP contribution in [0.1, 0.15) is 23.5 Å². The van der Waals surface area contributed by atoms with Gasteiger partial charge in [-0.15, -0.1) is 0 Å². The molecule has 1 atom stereocenters. The summed E-state index contributed by atoms with van der Waals surface area (Å²) in [5, 5.41) is 10.9. The zero-order valence-electron chi connectivity index (χ0n) is 12.5. The number of aromatic nitrogens is 2. The van der Waals surface area contributed by atoms with Gasteiger partial charge in [0.15, 0.2) is 5.82 Å². The normalized spacial score (nSPS) is 16.6. The van der Waals surface area contributed by atoms with Crippen LogP contribution in [-0.2, 0) is 4.79 Å². The van der Waals surface area contributed by atoms with E-state index in [9.17, 15) is 4.79 Å². The SMILES string of the molecule is O=C1C[C@H](c2ccc(Br)cc2)c2c(n[nH]c2-c2ccc(Cl)cc2)N1. The molecular weight excluding hydrogens is 390 g/mol. The zero-order chi connectivity index (χ0) is 16.7. The van der Waals surface area contributed by atoms with Crippen molar-refractivity contribution in [2.24, 2.45) is 0 Å². The van der Waals surface area contributed by atoms with Gasteiger partial charge in [-0.3, -0.25) is 9.89 Å². The molecule has 1 aromatic heterocycles. The summed E-state index contributed by atoms with van der Waals surface area (Å²) in [6.45, 7) is 0. The van der Waals surface area contributed by atoms with Crippen LogP contribution >= 0.6 is 27.5 Å². The van der Waals surface area contributed by atoms with Crippen molar-refractivity contribution in [1.82, 2.24) is 10.2 Å². The maximum atomic E-state index is 12.1. The molecule has 2 heterocycles. The lowest BCUT2D eigenvalue weighted by molar-refractivity contribution is -0.116. The first-order valence-corrected chi connectivity index (χ1v) is 8.68. The van der Waals surface area contributed by atoms with Gasteiger partial charge in [0.25, 0.3) is 0 Å². The Hall–Kier alpha value is -2.11. The Morgan fingerprint density at radius 1 is 1.08 bits per heavy atom. The summed E-state index contributed by atoms with van der Waals surface area (Å²) < 4.78 is 1.01. The van der Waals surface area contributed by atoms with Crippen LogP contribution in [0.15, 0.2) is 53.0 Å². The van der Waals surface area contributed by atoms with Crippen molar-refractivity contribution < 1.29 is 4.79 Å². The number of benzene rings is 2. The largest absolute Gasteiger partial charge is 0.309 e. The second-order valence-corrected chi connectivity index (χ2v) is 7.08. The highest BCUT2D eigenvalue weighted by atomic mass is 79.9. The van der Waals surface area contributed by atoms with E-state index in [1.165, 1.54) is 0 Å². The fourth-order valence-electron chi connectivity index (χ4n) is 3.07. The van der Waals surface area contributed by atoms with Crippen molar-refractivity contribution in [1.29, 1.82) is 0 Å². The molecule has 4 nitrogen and oxygen atoms in total. The minimum absolute atomic E-state index is 0.0235. The van der Waals surface area contributed by atoms with E-state index < -0.39 is 0 Å². The van der Waals surface area contributed by atoms with Gasteiger partial charge in [-0.25, -0.2) is 0 Å². The number of fused-ring (bicyclic) bond motifs is 1. The van der Waals surface area contributed by atoms with E-state index in [1.54, 1.807) is 0 Å². The Morgan fingerprint density at radius 3 is 2.50 bits per heavy atom. The van der Waals surface area contributed by atoms with Gasteiger partial charge in [0.2, 0.25) is 5.91 Å². The molecule has 0 fully saturated rings. The molecule has 6 heteroatoms. The summed E-state index contributed by atoms with van der Waals surface area (Å²) in [5.41, 5.74) is 4.01. The first kappa shape index (κ1) is 15.4. The van der Waals surface area contributed by atoms with Crippen LogP contribution in [0, 0.1) is 0 Å². The number of rotatable bonds is 2. The Labute approximate surface area is 152 Å². The second-order valence-electron chi connectivity index (χ2n) is 5.72. The summed E-state index contributed by atoms with van der Waals surface area (Å²) in [7, 11) is 0. The highest BCUT2D eigenvalue weighted by Gasteiger charge is 2.31. The van der Waals surface area contributed by atoms with Crippen molar-refractivity contribution in [3.8, 4) is 11.3 Å². The van der Waals surface area contributed by atoms with Crippen LogP contribution in [0.5, 0.6) is 0 Å². The quantitative estimate of drug-likeness (QED) is 0.636. The standard InChI is InChI=1S/C18H13BrClN3O/c19-12-5-1-10(2-6-12)14-9-15(24)21-18-16(14)17(22-23-18)11-3-7-13(20)8-4-11/h1-8,14H,9H2,(H2,21,22,23,24)/t14-/m1/s1. The smallest absolute Gasteiger partial charge is 0.226 e. The number of carbonyl (C=O) groups excluding carboxylic acids is 1. The number of hydrogen-bond acceptors (Lipinski definition) is 2. The molecule has 0 saturated heterocycles. The van der Waals surface area contributed by atoms with E-state index in [0.717, 1.165) is 26.9 Å². The van der Waals surface area contributed by atoms with Crippen LogP contribution in [-0.4, -0.2) is 16.1 Å². The molecule has 0 unspecified atom stereocenters. The number of hydrogen-bond donors (Lipinski definition) is 2. The van der Waals surface area contributed by atoms with Gasteiger partial charge < -0.3 is 5.32 Å². The molecule has 120 valence electrons. The third kappa shape index (κ3) is 2.74. The van der Waals surface area contributed by atoms with Crippen molar-refractivity contribution in [3.05, 3.63) is 69.2 Å². The van der Waals surface area contributed by atoms with Crippen molar-refractivity contribution in [2.45, 2.75) is 12.3 Å². The minimum atomic E-state index is -0.0359. The lowest BCUT2D eigenvalue weighted by Crippen LogP contribution is -2.23. The van der Waals surface area contributed by atoms with Crippen LogP contribution in [0.4, 0.5) is 5.82 Å². The predicted molar refractivity (Wildman–Crippen MR) is 98.3 cm³/mol. The molecule has 0 saturated carbocycles. The summed E-state index contributed by atoms with van der Waals surface area (Å²) >= 11 is 9.44. The van der Waals surface area contributed by atoms with E-state index in [-0.39, 0.29) is 11.8 Å². The van der Waals surface area contributed by atoms with E-state index in [0.29, 0.717) is 17.3 Å². The molecule has 3 aromatic rings. The summed E-state index contributed by atoms with van der Waals surface area (Å²) in [4.78, 5) is 12.1. The number of nitrogens with zero attached hydrogens (tertiary/aromatic N) is 1. The van der Waals surface area contributed by atoms with Gasteiger partial charge in [0.05, 0.1) is 5.69 Å². The monoisotopic (exact) mass is 401 g/mol. The molecule has 1 amide bonds. The van der Waals surface area contributed by atoms with Gasteiger partial charge in [0, 0.05) is 33.0 Å². The molecule has 2 N–H and O–H groups in total. The van der Waals surface area contributed by atoms with Gasteiger partial charge >= 0.3 is 0 Å². The van der Waals surface area contributed by atoms with E-state index in [4.69, 9.17) is 11.6 Å². The van der Waals surface area contributed by atoms with Gasteiger partial charge in [0.1, 0.15) is 0 Å². The van der Waals surface area contributed by atoms with Gasteiger partial charge in [-0.1, -0.05) is 51.8 Å². The number of anilines is 1.